The quantitative estimate of drug-likeness (QED) is 0.528. The highest BCUT2D eigenvalue weighted by atomic mass is 35.5. The molecule has 9 heteroatoms. The highest BCUT2D eigenvalue weighted by Gasteiger charge is 2.27. The predicted octanol–water partition coefficient (Wildman–Crippen LogP) is 4.72. The summed E-state index contributed by atoms with van der Waals surface area (Å²) in [5.74, 6) is 0. The van der Waals surface area contributed by atoms with Crippen molar-refractivity contribution in [2.24, 2.45) is 0 Å². The summed E-state index contributed by atoms with van der Waals surface area (Å²) in [6.45, 7) is 1.18. The van der Waals surface area contributed by atoms with Gasteiger partial charge in [-0.2, -0.15) is 11.8 Å². The molecule has 1 amide bonds. The number of anilines is 2. The first kappa shape index (κ1) is 19.3. The van der Waals surface area contributed by atoms with Crippen LogP contribution in [0.15, 0.2) is 42.5 Å². The molecule has 1 aliphatic rings. The standard InChI is InChI=1S/C18H18ClN3O4S/c1-27-17(12-3-2-4-13(19)9-12)11-20-15-6-5-14(22(24)25)10-16(15)21-7-8-26-18(21)23/h2-6,9-10,17,20H,7-8,11H2,1H3. The summed E-state index contributed by atoms with van der Waals surface area (Å²) < 4.78 is 4.98. The van der Waals surface area contributed by atoms with E-state index in [9.17, 15) is 14.9 Å². The fourth-order valence-electron chi connectivity index (χ4n) is 2.87. The van der Waals surface area contributed by atoms with Gasteiger partial charge in [-0.1, -0.05) is 23.7 Å². The Hall–Kier alpha value is -2.45. The number of hydrogen-bond donors (Lipinski definition) is 1. The van der Waals surface area contributed by atoms with Crippen LogP contribution in [0.3, 0.4) is 0 Å². The van der Waals surface area contributed by atoms with Gasteiger partial charge in [-0.05, 0) is 30.0 Å². The predicted molar refractivity (Wildman–Crippen MR) is 108 cm³/mol. The summed E-state index contributed by atoms with van der Waals surface area (Å²) in [6.07, 6.45) is 1.50. The minimum atomic E-state index is -0.505. The van der Waals surface area contributed by atoms with E-state index < -0.39 is 11.0 Å². The zero-order chi connectivity index (χ0) is 19.4. The second-order valence-corrected chi connectivity index (χ2v) is 7.36. The first-order chi connectivity index (χ1) is 13.0. The van der Waals surface area contributed by atoms with E-state index in [1.54, 1.807) is 17.8 Å². The average Bonchev–Trinajstić information content (AvgIpc) is 3.08. The number of halogens is 1. The van der Waals surface area contributed by atoms with Crippen LogP contribution in [0.25, 0.3) is 0 Å². The van der Waals surface area contributed by atoms with Crippen molar-refractivity contribution in [3.63, 3.8) is 0 Å². The highest BCUT2D eigenvalue weighted by molar-refractivity contribution is 7.98. The Morgan fingerprint density at radius 3 is 2.81 bits per heavy atom. The summed E-state index contributed by atoms with van der Waals surface area (Å²) in [5.41, 5.74) is 2.08. The van der Waals surface area contributed by atoms with Crippen molar-refractivity contribution in [2.45, 2.75) is 5.25 Å². The van der Waals surface area contributed by atoms with E-state index in [2.05, 4.69) is 5.32 Å². The maximum atomic E-state index is 11.9. The van der Waals surface area contributed by atoms with E-state index in [0.717, 1.165) is 5.56 Å². The van der Waals surface area contributed by atoms with Crippen LogP contribution in [-0.2, 0) is 4.74 Å². The van der Waals surface area contributed by atoms with Crippen molar-refractivity contribution >= 4 is 46.5 Å². The number of cyclic esters (lactones) is 1. The lowest BCUT2D eigenvalue weighted by atomic mass is 10.1. The molecule has 0 radical (unpaired) electrons. The molecule has 1 aliphatic heterocycles. The lowest BCUT2D eigenvalue weighted by Gasteiger charge is -2.21. The molecule has 3 rings (SSSR count). The molecular formula is C18H18ClN3O4S. The van der Waals surface area contributed by atoms with Crippen molar-refractivity contribution in [2.75, 3.05) is 36.2 Å². The summed E-state index contributed by atoms with van der Waals surface area (Å²) in [4.78, 5) is 24.0. The molecular weight excluding hydrogens is 390 g/mol. The van der Waals surface area contributed by atoms with Gasteiger partial charge >= 0.3 is 6.09 Å². The number of nitro benzene ring substituents is 1. The number of hydrogen-bond acceptors (Lipinski definition) is 6. The molecule has 2 aromatic rings. The first-order valence-electron chi connectivity index (χ1n) is 8.24. The molecule has 142 valence electrons. The third kappa shape index (κ3) is 4.45. The number of benzene rings is 2. The molecule has 0 aliphatic carbocycles. The van der Waals surface area contributed by atoms with Crippen LogP contribution in [0.2, 0.25) is 5.02 Å². The molecule has 2 aromatic carbocycles. The van der Waals surface area contributed by atoms with Crippen molar-refractivity contribution in [3.8, 4) is 0 Å². The molecule has 1 unspecified atom stereocenters. The van der Waals surface area contributed by atoms with Gasteiger partial charge < -0.3 is 10.1 Å². The van der Waals surface area contributed by atoms with Crippen LogP contribution < -0.4 is 10.2 Å². The number of nitrogens with zero attached hydrogens (tertiary/aromatic N) is 2. The lowest BCUT2D eigenvalue weighted by Crippen LogP contribution is -2.25. The van der Waals surface area contributed by atoms with Crippen LogP contribution in [0.1, 0.15) is 10.8 Å². The van der Waals surface area contributed by atoms with Gasteiger partial charge in [-0.15, -0.1) is 0 Å². The Bertz CT molecular complexity index is 864. The van der Waals surface area contributed by atoms with Gasteiger partial charge in [0.15, 0.2) is 0 Å². The average molecular weight is 408 g/mol. The molecule has 27 heavy (non-hydrogen) atoms. The highest BCUT2D eigenvalue weighted by Crippen LogP contribution is 2.34. The lowest BCUT2D eigenvalue weighted by molar-refractivity contribution is -0.384. The molecule has 1 heterocycles. The summed E-state index contributed by atoms with van der Waals surface area (Å²) in [5, 5.41) is 15.2. The number of nitro groups is 1. The number of thioether (sulfide) groups is 1. The Kier molecular flexibility index (Phi) is 6.08. The number of ether oxygens (including phenoxy) is 1. The zero-order valence-electron chi connectivity index (χ0n) is 14.6. The number of carbonyl (C=O) groups is 1. The van der Waals surface area contributed by atoms with Crippen molar-refractivity contribution < 1.29 is 14.5 Å². The summed E-state index contributed by atoms with van der Waals surface area (Å²) in [6, 6.07) is 12.1. The van der Waals surface area contributed by atoms with Gasteiger partial charge in [0, 0.05) is 29.0 Å². The summed E-state index contributed by atoms with van der Waals surface area (Å²) >= 11 is 7.75. The minimum Gasteiger partial charge on any atom is -0.447 e. The van der Waals surface area contributed by atoms with Gasteiger partial charge in [-0.25, -0.2) is 4.79 Å². The molecule has 1 atom stereocenters. The molecule has 1 saturated heterocycles. The SMILES string of the molecule is CSC(CNc1ccc([N+](=O)[O-])cc1N1CCOC1=O)c1cccc(Cl)c1. The minimum absolute atomic E-state index is 0.0773. The van der Waals surface area contributed by atoms with Crippen molar-refractivity contribution in [1.82, 2.24) is 0 Å². The Morgan fingerprint density at radius 1 is 1.37 bits per heavy atom. The number of carbonyl (C=O) groups excluding carboxylic acids is 1. The van der Waals surface area contributed by atoms with Crippen LogP contribution in [0, 0.1) is 10.1 Å². The fourth-order valence-corrected chi connectivity index (χ4v) is 3.73. The van der Waals surface area contributed by atoms with Crippen LogP contribution in [0.5, 0.6) is 0 Å². The molecule has 0 bridgehead atoms. The number of amides is 1. The first-order valence-corrected chi connectivity index (χ1v) is 9.91. The second kappa shape index (κ2) is 8.49. The molecule has 0 spiro atoms. The molecule has 7 nitrogen and oxygen atoms in total. The molecule has 0 aromatic heterocycles. The Labute approximate surface area is 165 Å². The number of rotatable bonds is 7. The number of non-ortho nitro benzene ring substituents is 1. The van der Waals surface area contributed by atoms with Crippen molar-refractivity contribution in [1.29, 1.82) is 0 Å². The van der Waals surface area contributed by atoms with Gasteiger partial charge in [0.1, 0.15) is 6.61 Å². The monoisotopic (exact) mass is 407 g/mol. The maximum Gasteiger partial charge on any atom is 0.414 e. The molecule has 1 fully saturated rings. The van der Waals surface area contributed by atoms with E-state index in [1.165, 1.54) is 17.0 Å². The fraction of sp³-hybridized carbons (Fsp3) is 0.278. The van der Waals surface area contributed by atoms with Crippen LogP contribution in [0.4, 0.5) is 21.9 Å². The normalized spacial score (nSPS) is 14.7. The second-order valence-electron chi connectivity index (χ2n) is 5.88. The number of nitrogens with one attached hydrogen (secondary N) is 1. The van der Waals surface area contributed by atoms with E-state index in [0.29, 0.717) is 29.5 Å². The molecule has 0 saturated carbocycles. The van der Waals surface area contributed by atoms with Crippen LogP contribution in [-0.4, -0.2) is 37.0 Å². The van der Waals surface area contributed by atoms with E-state index in [1.807, 2.05) is 30.5 Å². The topological polar surface area (TPSA) is 84.7 Å². The summed E-state index contributed by atoms with van der Waals surface area (Å²) in [7, 11) is 0. The van der Waals surface area contributed by atoms with E-state index in [-0.39, 0.29) is 17.5 Å². The van der Waals surface area contributed by atoms with Gasteiger partial charge in [0.2, 0.25) is 0 Å². The third-order valence-corrected chi connectivity index (χ3v) is 5.47. The smallest absolute Gasteiger partial charge is 0.414 e. The molecule has 1 N–H and O–H groups in total. The largest absolute Gasteiger partial charge is 0.447 e. The van der Waals surface area contributed by atoms with Gasteiger partial charge in [0.05, 0.1) is 22.8 Å². The van der Waals surface area contributed by atoms with Gasteiger partial charge in [0.25, 0.3) is 5.69 Å². The van der Waals surface area contributed by atoms with Gasteiger partial charge in [-0.3, -0.25) is 15.0 Å². The van der Waals surface area contributed by atoms with Crippen LogP contribution >= 0.6 is 23.4 Å². The van der Waals surface area contributed by atoms with E-state index in [4.69, 9.17) is 16.3 Å². The Balaban J connectivity index is 1.85. The van der Waals surface area contributed by atoms with Crippen molar-refractivity contribution in [3.05, 3.63) is 63.2 Å². The zero-order valence-corrected chi connectivity index (χ0v) is 16.1. The third-order valence-electron chi connectivity index (χ3n) is 4.23. The Morgan fingerprint density at radius 2 is 2.19 bits per heavy atom. The maximum absolute atomic E-state index is 11.9. The van der Waals surface area contributed by atoms with E-state index >= 15 is 0 Å².